The van der Waals surface area contributed by atoms with Crippen LogP contribution in [0.2, 0.25) is 0 Å². The lowest BCUT2D eigenvalue weighted by Crippen LogP contribution is -2.54. The molecular formula is C28H39N3O4S. The Bertz CT molecular complexity index is 1160. The van der Waals surface area contributed by atoms with Gasteiger partial charge in [-0.1, -0.05) is 68.7 Å². The van der Waals surface area contributed by atoms with Gasteiger partial charge in [0.15, 0.2) is 0 Å². The van der Waals surface area contributed by atoms with E-state index in [9.17, 15) is 18.0 Å². The zero-order valence-electron chi connectivity index (χ0n) is 21.9. The van der Waals surface area contributed by atoms with Crippen LogP contribution in [0.15, 0.2) is 48.5 Å². The maximum absolute atomic E-state index is 13.8. The molecule has 3 rings (SSSR count). The number of sulfonamides is 1. The number of amides is 2. The van der Waals surface area contributed by atoms with Gasteiger partial charge in [0, 0.05) is 12.6 Å². The molecule has 2 aromatic rings. The van der Waals surface area contributed by atoms with Crippen LogP contribution in [0, 0.1) is 13.8 Å². The predicted molar refractivity (Wildman–Crippen MR) is 144 cm³/mol. The predicted octanol–water partition coefficient (Wildman–Crippen LogP) is 4.33. The second-order valence-corrected chi connectivity index (χ2v) is 11.7. The highest BCUT2D eigenvalue weighted by molar-refractivity contribution is 7.92. The van der Waals surface area contributed by atoms with Crippen molar-refractivity contribution in [3.63, 3.8) is 0 Å². The van der Waals surface area contributed by atoms with Gasteiger partial charge in [0.2, 0.25) is 21.8 Å². The van der Waals surface area contributed by atoms with E-state index in [2.05, 4.69) is 5.32 Å². The van der Waals surface area contributed by atoms with Crippen molar-refractivity contribution in [1.82, 2.24) is 10.2 Å². The van der Waals surface area contributed by atoms with Crippen molar-refractivity contribution in [2.75, 3.05) is 17.1 Å². The van der Waals surface area contributed by atoms with Crippen molar-refractivity contribution < 1.29 is 18.0 Å². The van der Waals surface area contributed by atoms with E-state index in [4.69, 9.17) is 0 Å². The van der Waals surface area contributed by atoms with Gasteiger partial charge >= 0.3 is 0 Å². The van der Waals surface area contributed by atoms with Crippen molar-refractivity contribution in [2.24, 2.45) is 0 Å². The van der Waals surface area contributed by atoms with Crippen molar-refractivity contribution in [3.05, 3.63) is 65.2 Å². The van der Waals surface area contributed by atoms with E-state index in [1.165, 1.54) is 6.42 Å². The Hall–Kier alpha value is -2.87. The Morgan fingerprint density at radius 1 is 0.972 bits per heavy atom. The number of hydrogen-bond donors (Lipinski definition) is 1. The van der Waals surface area contributed by atoms with Crippen LogP contribution in [-0.4, -0.2) is 50.0 Å². The number of nitrogens with zero attached hydrogens (tertiary/aromatic N) is 2. The summed E-state index contributed by atoms with van der Waals surface area (Å²) < 4.78 is 26.7. The van der Waals surface area contributed by atoms with Crippen LogP contribution in [0.25, 0.3) is 0 Å². The third-order valence-electron chi connectivity index (χ3n) is 7.00. The Balaban J connectivity index is 1.93. The second-order valence-electron chi connectivity index (χ2n) is 9.77. The molecule has 0 unspecified atom stereocenters. The second kappa shape index (κ2) is 12.4. The van der Waals surface area contributed by atoms with Crippen molar-refractivity contribution in [3.8, 4) is 0 Å². The van der Waals surface area contributed by atoms with E-state index in [1.54, 1.807) is 17.0 Å². The summed E-state index contributed by atoms with van der Waals surface area (Å²) in [4.78, 5) is 28.8. The highest BCUT2D eigenvalue weighted by Crippen LogP contribution is 2.24. The molecule has 0 aliphatic heterocycles. The highest BCUT2D eigenvalue weighted by Gasteiger charge is 2.33. The number of rotatable bonds is 10. The van der Waals surface area contributed by atoms with Crippen LogP contribution in [0.5, 0.6) is 0 Å². The zero-order chi connectivity index (χ0) is 26.3. The molecule has 0 radical (unpaired) electrons. The summed E-state index contributed by atoms with van der Waals surface area (Å²) in [7, 11) is -3.74. The van der Waals surface area contributed by atoms with E-state index in [0.29, 0.717) is 12.1 Å². The molecule has 0 bridgehead atoms. The molecule has 0 aromatic heterocycles. The largest absolute Gasteiger partial charge is 0.352 e. The van der Waals surface area contributed by atoms with Gasteiger partial charge in [0.1, 0.15) is 12.6 Å². The molecule has 0 spiro atoms. The quantitative estimate of drug-likeness (QED) is 0.512. The third-order valence-corrected chi connectivity index (χ3v) is 8.13. The molecule has 36 heavy (non-hydrogen) atoms. The summed E-state index contributed by atoms with van der Waals surface area (Å²) in [6, 6.07) is 14.3. The topological polar surface area (TPSA) is 86.8 Å². The first kappa shape index (κ1) is 27.7. The van der Waals surface area contributed by atoms with Gasteiger partial charge in [0.25, 0.3) is 0 Å². The Labute approximate surface area is 215 Å². The van der Waals surface area contributed by atoms with Gasteiger partial charge < -0.3 is 10.2 Å². The summed E-state index contributed by atoms with van der Waals surface area (Å²) in [5.74, 6) is -0.578. The molecule has 0 saturated heterocycles. The Morgan fingerprint density at radius 2 is 1.58 bits per heavy atom. The van der Waals surface area contributed by atoms with Crippen LogP contribution in [0.4, 0.5) is 5.69 Å². The SMILES string of the molecule is CC[C@H](C(=O)NC1CCCCC1)N(Cc1ccccc1C)C(=O)CN(c1ccccc1C)S(C)(=O)=O. The van der Waals surface area contributed by atoms with Crippen LogP contribution in [0.3, 0.4) is 0 Å². The maximum atomic E-state index is 13.8. The monoisotopic (exact) mass is 513 g/mol. The summed E-state index contributed by atoms with van der Waals surface area (Å²) >= 11 is 0. The summed E-state index contributed by atoms with van der Waals surface area (Å²) in [6.07, 6.45) is 6.79. The fraction of sp³-hybridized carbons (Fsp3) is 0.500. The van der Waals surface area contributed by atoms with Gasteiger partial charge in [0.05, 0.1) is 11.9 Å². The first-order valence-electron chi connectivity index (χ1n) is 12.8. The minimum atomic E-state index is -3.74. The Kier molecular flexibility index (Phi) is 9.54. The number of carbonyl (C=O) groups is 2. The van der Waals surface area contributed by atoms with E-state index in [1.807, 2.05) is 57.2 Å². The fourth-order valence-corrected chi connectivity index (χ4v) is 5.78. The first-order chi connectivity index (χ1) is 17.1. The van der Waals surface area contributed by atoms with Crippen molar-refractivity contribution in [2.45, 2.75) is 77.9 Å². The van der Waals surface area contributed by atoms with E-state index in [0.717, 1.165) is 52.9 Å². The lowest BCUT2D eigenvalue weighted by Gasteiger charge is -2.34. The van der Waals surface area contributed by atoms with Gasteiger partial charge in [-0.05, 0) is 55.9 Å². The summed E-state index contributed by atoms with van der Waals surface area (Å²) in [5.41, 5.74) is 3.15. The van der Waals surface area contributed by atoms with Gasteiger partial charge in [-0.3, -0.25) is 13.9 Å². The standard InChI is InChI=1S/C28H39N3O4S/c1-5-25(28(33)29-24-16-7-6-8-17-24)30(19-23-15-11-9-13-21(23)2)27(32)20-31(36(4,34)35)26-18-12-10-14-22(26)3/h9-15,18,24-25H,5-8,16-17,19-20H2,1-4H3,(H,29,33)/t25-/m1/s1. The maximum Gasteiger partial charge on any atom is 0.244 e. The molecule has 7 nitrogen and oxygen atoms in total. The van der Waals surface area contributed by atoms with Gasteiger partial charge in [-0.25, -0.2) is 8.42 Å². The molecule has 1 atom stereocenters. The highest BCUT2D eigenvalue weighted by atomic mass is 32.2. The van der Waals surface area contributed by atoms with Crippen LogP contribution >= 0.6 is 0 Å². The van der Waals surface area contributed by atoms with E-state index < -0.39 is 22.0 Å². The third kappa shape index (κ3) is 7.09. The summed E-state index contributed by atoms with van der Waals surface area (Å²) in [5, 5.41) is 3.17. The zero-order valence-corrected chi connectivity index (χ0v) is 22.7. The first-order valence-corrected chi connectivity index (χ1v) is 14.6. The number of para-hydroxylation sites is 1. The van der Waals surface area contributed by atoms with E-state index in [-0.39, 0.29) is 25.0 Å². The van der Waals surface area contributed by atoms with E-state index >= 15 is 0 Å². The number of benzene rings is 2. The molecule has 1 aliphatic carbocycles. The molecular weight excluding hydrogens is 474 g/mol. The van der Waals surface area contributed by atoms with Crippen LogP contribution in [-0.2, 0) is 26.2 Å². The lowest BCUT2D eigenvalue weighted by molar-refractivity contribution is -0.140. The number of carbonyl (C=O) groups excluding carboxylic acids is 2. The van der Waals surface area contributed by atoms with Crippen LogP contribution in [0.1, 0.15) is 62.1 Å². The average molecular weight is 514 g/mol. The minimum absolute atomic E-state index is 0.121. The van der Waals surface area contributed by atoms with Crippen molar-refractivity contribution >= 4 is 27.5 Å². The molecule has 8 heteroatoms. The van der Waals surface area contributed by atoms with Gasteiger partial charge in [-0.15, -0.1) is 0 Å². The smallest absolute Gasteiger partial charge is 0.244 e. The molecule has 1 aliphatic rings. The fourth-order valence-electron chi connectivity index (χ4n) is 4.87. The number of nitrogens with one attached hydrogen (secondary N) is 1. The van der Waals surface area contributed by atoms with Crippen molar-refractivity contribution in [1.29, 1.82) is 0 Å². The Morgan fingerprint density at radius 3 is 2.17 bits per heavy atom. The molecule has 2 amide bonds. The molecule has 0 heterocycles. The normalized spacial score (nSPS) is 15.2. The number of hydrogen-bond acceptors (Lipinski definition) is 4. The molecule has 1 N–H and O–H groups in total. The number of anilines is 1. The summed E-state index contributed by atoms with van der Waals surface area (Å²) in [6.45, 7) is 5.53. The number of aryl methyl sites for hydroxylation is 2. The molecule has 1 saturated carbocycles. The average Bonchev–Trinajstić information content (AvgIpc) is 2.84. The van der Waals surface area contributed by atoms with Crippen LogP contribution < -0.4 is 9.62 Å². The van der Waals surface area contributed by atoms with Gasteiger partial charge in [-0.2, -0.15) is 0 Å². The minimum Gasteiger partial charge on any atom is -0.352 e. The lowest BCUT2D eigenvalue weighted by atomic mass is 9.95. The molecule has 1 fully saturated rings. The molecule has 2 aromatic carbocycles. The molecule has 196 valence electrons.